The van der Waals surface area contributed by atoms with Gasteiger partial charge < -0.3 is 15.8 Å². The van der Waals surface area contributed by atoms with Crippen LogP contribution in [0.4, 0.5) is 0 Å². The van der Waals surface area contributed by atoms with Crippen LogP contribution >= 0.6 is 23.1 Å². The van der Waals surface area contributed by atoms with Gasteiger partial charge in [0.2, 0.25) is 5.91 Å². The minimum Gasteiger partial charge on any atom is -0.497 e. The maximum atomic E-state index is 12.7. The summed E-state index contributed by atoms with van der Waals surface area (Å²) in [6.07, 6.45) is 2.05. The second-order valence-electron chi connectivity index (χ2n) is 7.52. The third-order valence-corrected chi connectivity index (χ3v) is 7.24. The molecule has 1 atom stereocenters. The van der Waals surface area contributed by atoms with E-state index >= 15 is 0 Å². The van der Waals surface area contributed by atoms with Gasteiger partial charge in [-0.2, -0.15) is 0 Å². The smallest absolute Gasteiger partial charge is 0.237 e. The molecule has 1 aromatic carbocycles. The van der Waals surface area contributed by atoms with Gasteiger partial charge in [0.15, 0.2) is 5.78 Å². The Bertz CT molecular complexity index is 1130. The number of aryl methyl sites for hydroxylation is 1. The molecule has 2 heterocycles. The first-order valence-electron chi connectivity index (χ1n) is 10.0. The summed E-state index contributed by atoms with van der Waals surface area (Å²) in [5.74, 6) is 1.86. The molecular formula is C22H24N4O3S2. The third-order valence-electron chi connectivity index (χ3n) is 5.13. The number of fused-ring (bicyclic) bond motifs is 1. The topological polar surface area (TPSA) is 107 Å². The predicted octanol–water partition coefficient (Wildman–Crippen LogP) is 3.34. The van der Waals surface area contributed by atoms with Crippen molar-refractivity contribution in [1.29, 1.82) is 0 Å². The van der Waals surface area contributed by atoms with E-state index in [9.17, 15) is 9.59 Å². The van der Waals surface area contributed by atoms with E-state index in [0.29, 0.717) is 23.2 Å². The number of benzene rings is 1. The SMILES string of the molecule is COc1ccc2nc(C)nc(SCC(=O)c3ccc(CNC(=O)C(N)C4CC4)s3)c2c1. The number of thioether (sulfide) groups is 1. The molecule has 1 unspecified atom stereocenters. The maximum absolute atomic E-state index is 12.7. The van der Waals surface area contributed by atoms with Gasteiger partial charge in [0.05, 0.1) is 35.8 Å². The summed E-state index contributed by atoms with van der Waals surface area (Å²) in [4.78, 5) is 35.4. The summed E-state index contributed by atoms with van der Waals surface area (Å²) in [6, 6.07) is 8.90. The third kappa shape index (κ3) is 5.23. The van der Waals surface area contributed by atoms with Crippen LogP contribution in [0, 0.1) is 12.8 Å². The quantitative estimate of drug-likeness (QED) is 0.289. The molecule has 1 saturated carbocycles. The van der Waals surface area contributed by atoms with Gasteiger partial charge in [-0.15, -0.1) is 11.3 Å². The molecule has 2 aromatic heterocycles. The van der Waals surface area contributed by atoms with Gasteiger partial charge in [-0.25, -0.2) is 9.97 Å². The molecule has 0 aliphatic heterocycles. The van der Waals surface area contributed by atoms with E-state index in [4.69, 9.17) is 10.5 Å². The number of thiophene rings is 1. The van der Waals surface area contributed by atoms with Gasteiger partial charge in [0.25, 0.3) is 0 Å². The number of ether oxygens (including phenoxy) is 1. The number of hydrogen-bond acceptors (Lipinski definition) is 8. The normalized spacial score (nSPS) is 14.4. The van der Waals surface area contributed by atoms with Crippen molar-refractivity contribution in [2.24, 2.45) is 11.7 Å². The number of nitrogens with one attached hydrogen (secondary N) is 1. The summed E-state index contributed by atoms with van der Waals surface area (Å²) in [7, 11) is 1.61. The molecule has 1 fully saturated rings. The first kappa shape index (κ1) is 21.7. The lowest BCUT2D eigenvalue weighted by molar-refractivity contribution is -0.122. The summed E-state index contributed by atoms with van der Waals surface area (Å²) >= 11 is 2.79. The Morgan fingerprint density at radius 2 is 2.10 bits per heavy atom. The van der Waals surface area contributed by atoms with Crippen LogP contribution in [0.15, 0.2) is 35.4 Å². The summed E-state index contributed by atoms with van der Waals surface area (Å²) in [5, 5.41) is 4.49. The Kier molecular flexibility index (Phi) is 6.54. The number of nitrogens with two attached hydrogens (primary N) is 1. The van der Waals surface area contributed by atoms with Crippen molar-refractivity contribution in [3.05, 3.63) is 45.9 Å². The fraction of sp³-hybridized carbons (Fsp3) is 0.364. The number of carbonyl (C=O) groups is 2. The van der Waals surface area contributed by atoms with E-state index in [1.165, 1.54) is 23.1 Å². The maximum Gasteiger partial charge on any atom is 0.237 e. The molecule has 7 nitrogen and oxygen atoms in total. The Morgan fingerprint density at radius 3 is 2.84 bits per heavy atom. The number of Topliss-reactive ketones (excluding diaryl/α,β-unsaturated/α-hetero) is 1. The highest BCUT2D eigenvalue weighted by molar-refractivity contribution is 8.00. The molecule has 1 aliphatic carbocycles. The van der Waals surface area contributed by atoms with Gasteiger partial charge in [0, 0.05) is 10.3 Å². The van der Waals surface area contributed by atoms with Gasteiger partial charge in [-0.1, -0.05) is 11.8 Å². The average Bonchev–Trinajstić information content (AvgIpc) is 3.52. The second-order valence-corrected chi connectivity index (χ2v) is 9.65. The predicted molar refractivity (Wildman–Crippen MR) is 123 cm³/mol. The highest BCUT2D eigenvalue weighted by Crippen LogP contribution is 2.32. The van der Waals surface area contributed by atoms with Crippen LogP contribution in [-0.2, 0) is 11.3 Å². The molecule has 31 heavy (non-hydrogen) atoms. The minimum atomic E-state index is -0.428. The Labute approximate surface area is 188 Å². The van der Waals surface area contributed by atoms with Crippen LogP contribution in [0.1, 0.15) is 33.2 Å². The Hall–Kier alpha value is -2.49. The number of nitrogens with zero attached hydrogens (tertiary/aromatic N) is 2. The van der Waals surface area contributed by atoms with Gasteiger partial charge in [-0.05, 0) is 56.0 Å². The lowest BCUT2D eigenvalue weighted by atomic mass is 10.2. The molecule has 162 valence electrons. The molecule has 0 bridgehead atoms. The first-order chi connectivity index (χ1) is 14.9. The Morgan fingerprint density at radius 1 is 1.29 bits per heavy atom. The van der Waals surface area contributed by atoms with Crippen LogP contribution in [0.3, 0.4) is 0 Å². The highest BCUT2D eigenvalue weighted by Gasteiger charge is 2.33. The van der Waals surface area contributed by atoms with E-state index in [-0.39, 0.29) is 17.4 Å². The standard InChI is InChI=1S/C22H24N4O3S2/c1-12-25-17-7-5-14(29-2)9-16(17)22(26-12)30-11-18(27)19-8-6-15(31-19)10-24-21(28)20(23)13-3-4-13/h5-9,13,20H,3-4,10-11,23H2,1-2H3,(H,24,28). The van der Waals surface area contributed by atoms with E-state index in [1.54, 1.807) is 7.11 Å². The highest BCUT2D eigenvalue weighted by atomic mass is 32.2. The van der Waals surface area contributed by atoms with Crippen molar-refractivity contribution in [3.63, 3.8) is 0 Å². The lowest BCUT2D eigenvalue weighted by Crippen LogP contribution is -2.41. The van der Waals surface area contributed by atoms with Crippen molar-refractivity contribution in [1.82, 2.24) is 15.3 Å². The molecule has 3 N–H and O–H groups in total. The summed E-state index contributed by atoms with van der Waals surface area (Å²) in [5.41, 5.74) is 6.74. The van der Waals surface area contributed by atoms with Gasteiger partial charge in [-0.3, -0.25) is 9.59 Å². The molecule has 9 heteroatoms. The zero-order chi connectivity index (χ0) is 22.0. The Balaban J connectivity index is 1.38. The van der Waals surface area contributed by atoms with Gasteiger partial charge >= 0.3 is 0 Å². The van der Waals surface area contributed by atoms with E-state index < -0.39 is 6.04 Å². The minimum absolute atomic E-state index is 0.0227. The fourth-order valence-corrected chi connectivity index (χ4v) is 5.13. The molecule has 3 aromatic rings. The van der Waals surface area contributed by atoms with Crippen LogP contribution in [0.25, 0.3) is 10.9 Å². The monoisotopic (exact) mass is 456 g/mol. The second kappa shape index (κ2) is 9.33. The summed E-state index contributed by atoms with van der Waals surface area (Å²) < 4.78 is 5.31. The van der Waals surface area contributed by atoms with Gasteiger partial charge in [0.1, 0.15) is 16.6 Å². The number of hydrogen-bond donors (Lipinski definition) is 2. The zero-order valence-corrected chi connectivity index (χ0v) is 19.0. The number of ketones is 1. The number of methoxy groups -OCH3 is 1. The number of aromatic nitrogens is 2. The van der Waals surface area contributed by atoms with Crippen LogP contribution < -0.4 is 15.8 Å². The van der Waals surface area contributed by atoms with Crippen molar-refractivity contribution in [2.75, 3.05) is 12.9 Å². The number of carbonyl (C=O) groups excluding carboxylic acids is 2. The van der Waals surface area contributed by atoms with Crippen molar-refractivity contribution < 1.29 is 14.3 Å². The van der Waals surface area contributed by atoms with E-state index in [2.05, 4.69) is 15.3 Å². The molecular weight excluding hydrogens is 432 g/mol. The van der Waals surface area contributed by atoms with E-state index in [1.807, 2.05) is 37.3 Å². The summed E-state index contributed by atoms with van der Waals surface area (Å²) in [6.45, 7) is 2.23. The van der Waals surface area contributed by atoms with Crippen molar-refractivity contribution in [3.8, 4) is 5.75 Å². The molecule has 0 spiro atoms. The largest absolute Gasteiger partial charge is 0.497 e. The average molecular weight is 457 g/mol. The molecule has 0 radical (unpaired) electrons. The zero-order valence-electron chi connectivity index (χ0n) is 17.4. The molecule has 1 aliphatic rings. The van der Waals surface area contributed by atoms with Crippen LogP contribution in [0.5, 0.6) is 5.75 Å². The lowest BCUT2D eigenvalue weighted by Gasteiger charge is -2.10. The van der Waals surface area contributed by atoms with Crippen LogP contribution in [0.2, 0.25) is 0 Å². The molecule has 0 saturated heterocycles. The fourth-order valence-electron chi connectivity index (χ4n) is 3.22. The number of rotatable bonds is 9. The van der Waals surface area contributed by atoms with Crippen molar-refractivity contribution >= 4 is 45.7 Å². The van der Waals surface area contributed by atoms with Crippen LogP contribution in [-0.4, -0.2) is 40.6 Å². The molecule has 1 amide bonds. The van der Waals surface area contributed by atoms with Crippen molar-refractivity contribution in [2.45, 2.75) is 37.4 Å². The first-order valence-corrected chi connectivity index (χ1v) is 11.8. The molecule has 4 rings (SSSR count). The van der Waals surface area contributed by atoms with E-state index in [0.717, 1.165) is 39.4 Å². The number of amides is 1.